The van der Waals surface area contributed by atoms with Gasteiger partial charge in [0, 0.05) is 27.3 Å². The van der Waals surface area contributed by atoms with E-state index in [9.17, 15) is 8.78 Å². The van der Waals surface area contributed by atoms with Crippen LogP contribution in [-0.2, 0) is 6.54 Å². The predicted molar refractivity (Wildman–Crippen MR) is 84.3 cm³/mol. The zero-order valence-corrected chi connectivity index (χ0v) is 13.5. The van der Waals surface area contributed by atoms with Gasteiger partial charge in [-0.1, -0.05) is 33.6 Å². The van der Waals surface area contributed by atoms with Gasteiger partial charge in [-0.15, -0.1) is 0 Å². The van der Waals surface area contributed by atoms with Crippen molar-refractivity contribution in [2.75, 3.05) is 5.32 Å². The van der Waals surface area contributed by atoms with Gasteiger partial charge in [-0.05, 0) is 42.8 Å². The molecular weight excluding hydrogens is 364 g/mol. The van der Waals surface area contributed by atoms with Gasteiger partial charge in [0.15, 0.2) is 0 Å². The molecule has 0 heterocycles. The summed E-state index contributed by atoms with van der Waals surface area (Å²) < 4.78 is 30.1. The Kier molecular flexibility index (Phi) is 5.42. The van der Waals surface area contributed by atoms with E-state index >= 15 is 0 Å². The second-order valence-electron chi connectivity index (χ2n) is 4.44. The Balaban J connectivity index is 2.18. The highest BCUT2D eigenvalue weighted by atomic mass is 79.9. The minimum atomic E-state index is -2.85. The summed E-state index contributed by atoms with van der Waals surface area (Å²) in [5.41, 5.74) is 2.50. The number of alkyl halides is 2. The van der Waals surface area contributed by atoms with Gasteiger partial charge in [0.05, 0.1) is 0 Å². The van der Waals surface area contributed by atoms with Crippen molar-refractivity contribution in [3.63, 3.8) is 0 Å². The van der Waals surface area contributed by atoms with Crippen LogP contribution in [0, 0.1) is 6.92 Å². The van der Waals surface area contributed by atoms with Crippen LogP contribution in [0.15, 0.2) is 40.9 Å². The monoisotopic (exact) mass is 375 g/mol. The number of aryl methyl sites for hydroxylation is 1. The van der Waals surface area contributed by atoms with Crippen molar-refractivity contribution in [1.82, 2.24) is 0 Å². The first-order valence-electron chi connectivity index (χ1n) is 6.19. The molecule has 2 aromatic carbocycles. The van der Waals surface area contributed by atoms with E-state index in [2.05, 4.69) is 26.0 Å². The van der Waals surface area contributed by atoms with Gasteiger partial charge in [0.25, 0.3) is 0 Å². The first-order valence-corrected chi connectivity index (χ1v) is 7.36. The van der Waals surface area contributed by atoms with Gasteiger partial charge in [0.1, 0.15) is 5.75 Å². The summed E-state index contributed by atoms with van der Waals surface area (Å²) in [4.78, 5) is 0. The molecule has 21 heavy (non-hydrogen) atoms. The molecule has 6 heteroatoms. The molecule has 2 aromatic rings. The van der Waals surface area contributed by atoms with Crippen LogP contribution in [0.4, 0.5) is 14.5 Å². The fourth-order valence-corrected chi connectivity index (χ4v) is 2.45. The third-order valence-corrected chi connectivity index (χ3v) is 3.64. The summed E-state index contributed by atoms with van der Waals surface area (Å²) in [7, 11) is 0. The molecule has 2 rings (SSSR count). The van der Waals surface area contributed by atoms with Crippen LogP contribution in [0.1, 0.15) is 11.1 Å². The molecule has 0 aliphatic heterocycles. The lowest BCUT2D eigenvalue weighted by Crippen LogP contribution is -2.07. The first kappa shape index (κ1) is 16.0. The van der Waals surface area contributed by atoms with Crippen LogP contribution in [0.5, 0.6) is 5.75 Å². The zero-order valence-electron chi connectivity index (χ0n) is 11.2. The van der Waals surface area contributed by atoms with Crippen LogP contribution >= 0.6 is 27.5 Å². The van der Waals surface area contributed by atoms with E-state index < -0.39 is 6.61 Å². The Hall–Kier alpha value is -1.33. The highest BCUT2D eigenvalue weighted by molar-refractivity contribution is 9.10. The van der Waals surface area contributed by atoms with E-state index in [4.69, 9.17) is 11.6 Å². The third kappa shape index (κ3) is 4.58. The van der Waals surface area contributed by atoms with Gasteiger partial charge in [-0.3, -0.25) is 0 Å². The minimum Gasteiger partial charge on any atom is -0.434 e. The van der Waals surface area contributed by atoms with E-state index in [0.717, 1.165) is 15.7 Å². The van der Waals surface area contributed by atoms with Crippen LogP contribution in [-0.4, -0.2) is 6.61 Å². The Bertz CT molecular complexity index is 637. The molecule has 0 aliphatic carbocycles. The maximum atomic E-state index is 12.4. The first-order chi connectivity index (χ1) is 9.95. The van der Waals surface area contributed by atoms with Crippen LogP contribution in [0.3, 0.4) is 0 Å². The van der Waals surface area contributed by atoms with Crippen molar-refractivity contribution in [3.05, 3.63) is 57.0 Å². The molecule has 2 nitrogen and oxygen atoms in total. The molecule has 1 N–H and O–H groups in total. The molecule has 0 saturated heterocycles. The van der Waals surface area contributed by atoms with E-state index in [1.807, 2.05) is 13.0 Å². The van der Waals surface area contributed by atoms with Gasteiger partial charge in [-0.25, -0.2) is 0 Å². The Labute approximate surface area is 135 Å². The van der Waals surface area contributed by atoms with Gasteiger partial charge >= 0.3 is 6.61 Å². The highest BCUT2D eigenvalue weighted by Gasteiger charge is 2.10. The van der Waals surface area contributed by atoms with Gasteiger partial charge in [-0.2, -0.15) is 8.78 Å². The van der Waals surface area contributed by atoms with Crippen molar-refractivity contribution in [1.29, 1.82) is 0 Å². The minimum absolute atomic E-state index is 0.153. The molecule has 0 fully saturated rings. The highest BCUT2D eigenvalue weighted by Crippen LogP contribution is 2.27. The maximum absolute atomic E-state index is 12.4. The molecule has 0 spiro atoms. The predicted octanol–water partition coefficient (Wildman–Crippen LogP) is 5.62. The Morgan fingerprint density at radius 3 is 2.71 bits per heavy atom. The summed E-state index contributed by atoms with van der Waals surface area (Å²) in [5, 5.41) is 3.79. The number of nitrogens with one attached hydrogen (secondary N) is 1. The molecule has 0 aromatic heterocycles. The van der Waals surface area contributed by atoms with Gasteiger partial charge in [0.2, 0.25) is 0 Å². The average Bonchev–Trinajstić information content (AvgIpc) is 2.42. The lowest BCUT2D eigenvalue weighted by molar-refractivity contribution is -0.0504. The number of rotatable bonds is 5. The summed E-state index contributed by atoms with van der Waals surface area (Å²) >= 11 is 9.28. The van der Waals surface area contributed by atoms with Crippen molar-refractivity contribution in [2.24, 2.45) is 0 Å². The normalized spacial score (nSPS) is 10.8. The summed E-state index contributed by atoms with van der Waals surface area (Å²) in [6.45, 7) is -0.559. The van der Waals surface area contributed by atoms with Crippen molar-refractivity contribution in [3.8, 4) is 5.75 Å². The number of halogens is 4. The fraction of sp³-hybridized carbons (Fsp3) is 0.200. The second kappa shape index (κ2) is 7.09. The second-order valence-corrected chi connectivity index (χ2v) is 5.80. The van der Waals surface area contributed by atoms with E-state index in [1.165, 1.54) is 6.07 Å². The molecule has 112 valence electrons. The number of ether oxygens (including phenoxy) is 1. The van der Waals surface area contributed by atoms with Crippen LogP contribution in [0.2, 0.25) is 5.02 Å². The van der Waals surface area contributed by atoms with Crippen molar-refractivity contribution in [2.45, 2.75) is 20.1 Å². The molecular formula is C15H13BrClF2NO. The lowest BCUT2D eigenvalue weighted by atomic mass is 10.1. The topological polar surface area (TPSA) is 21.3 Å². The standard InChI is InChI=1S/C15H13BrClF2NO/c1-9-2-4-12(17)7-13(9)20-8-10-6-11(16)3-5-14(10)21-15(18)19/h2-7,15,20H,8H2,1H3. The van der Waals surface area contributed by atoms with E-state index in [1.54, 1.807) is 24.3 Å². The molecule has 0 saturated carbocycles. The van der Waals surface area contributed by atoms with Crippen LogP contribution in [0.25, 0.3) is 0 Å². The molecule has 0 aliphatic rings. The third-order valence-electron chi connectivity index (χ3n) is 2.91. The van der Waals surface area contributed by atoms with E-state index in [-0.39, 0.29) is 5.75 Å². The quantitative estimate of drug-likeness (QED) is 0.731. The summed E-state index contributed by atoms with van der Waals surface area (Å²) in [5.74, 6) is 0.153. The maximum Gasteiger partial charge on any atom is 0.387 e. The molecule has 0 bridgehead atoms. The zero-order chi connectivity index (χ0) is 15.4. The van der Waals surface area contributed by atoms with Crippen LogP contribution < -0.4 is 10.1 Å². The molecule has 0 amide bonds. The average molecular weight is 377 g/mol. The Morgan fingerprint density at radius 2 is 2.00 bits per heavy atom. The smallest absolute Gasteiger partial charge is 0.387 e. The molecule has 0 unspecified atom stereocenters. The number of anilines is 1. The number of benzene rings is 2. The summed E-state index contributed by atoms with van der Waals surface area (Å²) in [6.07, 6.45) is 0. The number of hydrogen-bond acceptors (Lipinski definition) is 2. The van der Waals surface area contributed by atoms with Crippen molar-refractivity contribution >= 4 is 33.2 Å². The SMILES string of the molecule is Cc1ccc(Cl)cc1NCc1cc(Br)ccc1OC(F)F. The molecule has 0 radical (unpaired) electrons. The summed E-state index contributed by atoms with van der Waals surface area (Å²) in [6, 6.07) is 10.4. The van der Waals surface area contributed by atoms with E-state index in [0.29, 0.717) is 17.1 Å². The van der Waals surface area contributed by atoms with Gasteiger partial charge < -0.3 is 10.1 Å². The largest absolute Gasteiger partial charge is 0.434 e. The Morgan fingerprint density at radius 1 is 1.24 bits per heavy atom. The lowest BCUT2D eigenvalue weighted by Gasteiger charge is -2.14. The fourth-order valence-electron chi connectivity index (χ4n) is 1.87. The number of hydrogen-bond donors (Lipinski definition) is 1. The van der Waals surface area contributed by atoms with Crippen molar-refractivity contribution < 1.29 is 13.5 Å². The molecule has 0 atom stereocenters.